The van der Waals surface area contributed by atoms with Crippen LogP contribution in [0.2, 0.25) is 0 Å². The van der Waals surface area contributed by atoms with E-state index in [0.717, 1.165) is 16.9 Å². The average Bonchev–Trinajstić information content (AvgIpc) is 2.31. The number of benzene rings is 1. The van der Waals surface area contributed by atoms with Gasteiger partial charge in [-0.3, -0.25) is 4.79 Å². The van der Waals surface area contributed by atoms with Crippen molar-refractivity contribution in [3.05, 3.63) is 29.8 Å². The Balaban J connectivity index is 2.49. The predicted molar refractivity (Wildman–Crippen MR) is 73.1 cm³/mol. The quantitative estimate of drug-likeness (QED) is 0.607. The van der Waals surface area contributed by atoms with E-state index in [-0.39, 0.29) is 11.9 Å². The van der Waals surface area contributed by atoms with Gasteiger partial charge in [-0.15, -0.1) is 25.0 Å². The predicted octanol–water partition coefficient (Wildman–Crippen LogP) is 2.44. The van der Waals surface area contributed by atoms with E-state index >= 15 is 0 Å². The molecule has 1 amide bonds. The van der Waals surface area contributed by atoms with Crippen molar-refractivity contribution < 1.29 is 4.79 Å². The SMILES string of the molecule is C#CCC(CC)NC(=O)Cc1ccc(S)cc1. The largest absolute Gasteiger partial charge is 0.352 e. The number of thiol groups is 1. The lowest BCUT2D eigenvalue weighted by atomic mass is 10.1. The van der Waals surface area contributed by atoms with E-state index in [1.807, 2.05) is 31.2 Å². The van der Waals surface area contributed by atoms with E-state index in [2.05, 4.69) is 23.9 Å². The Bertz CT molecular complexity index is 405. The van der Waals surface area contributed by atoms with Crippen LogP contribution in [-0.2, 0) is 11.2 Å². The third kappa shape index (κ3) is 4.97. The molecular weight excluding hydrogens is 230 g/mol. The third-order valence-electron chi connectivity index (χ3n) is 2.52. The highest BCUT2D eigenvalue weighted by Gasteiger charge is 2.09. The lowest BCUT2D eigenvalue weighted by Gasteiger charge is -2.14. The molecule has 0 aliphatic rings. The van der Waals surface area contributed by atoms with Crippen molar-refractivity contribution in [3.8, 4) is 12.3 Å². The van der Waals surface area contributed by atoms with Gasteiger partial charge in [0.05, 0.1) is 6.42 Å². The molecule has 1 aromatic carbocycles. The van der Waals surface area contributed by atoms with Gasteiger partial charge >= 0.3 is 0 Å². The zero-order valence-corrected chi connectivity index (χ0v) is 10.8. The van der Waals surface area contributed by atoms with Crippen molar-refractivity contribution in [2.75, 3.05) is 0 Å². The molecule has 2 nitrogen and oxygen atoms in total. The Kier molecular flexibility index (Phi) is 5.65. The van der Waals surface area contributed by atoms with Crippen molar-refractivity contribution in [1.29, 1.82) is 0 Å². The molecule has 0 heterocycles. The zero-order chi connectivity index (χ0) is 12.7. The highest BCUT2D eigenvalue weighted by Crippen LogP contribution is 2.08. The molecule has 0 aliphatic carbocycles. The second kappa shape index (κ2) is 7.03. The topological polar surface area (TPSA) is 29.1 Å². The van der Waals surface area contributed by atoms with E-state index in [1.165, 1.54) is 0 Å². The van der Waals surface area contributed by atoms with Crippen LogP contribution < -0.4 is 5.32 Å². The highest BCUT2D eigenvalue weighted by molar-refractivity contribution is 7.80. The number of nitrogens with one attached hydrogen (secondary N) is 1. The fourth-order valence-corrected chi connectivity index (χ4v) is 1.67. The zero-order valence-electron chi connectivity index (χ0n) is 9.94. The molecule has 0 bridgehead atoms. The summed E-state index contributed by atoms with van der Waals surface area (Å²) in [5, 5.41) is 2.93. The Morgan fingerprint density at radius 1 is 1.47 bits per heavy atom. The fourth-order valence-electron chi connectivity index (χ4n) is 1.52. The molecule has 1 rings (SSSR count). The van der Waals surface area contributed by atoms with Crippen LogP contribution in [0.3, 0.4) is 0 Å². The maximum atomic E-state index is 11.7. The number of amides is 1. The Morgan fingerprint density at radius 2 is 2.12 bits per heavy atom. The molecule has 0 aliphatic heterocycles. The van der Waals surface area contributed by atoms with Gasteiger partial charge < -0.3 is 5.32 Å². The second-order valence-electron chi connectivity index (χ2n) is 3.92. The van der Waals surface area contributed by atoms with Gasteiger partial charge in [-0.2, -0.15) is 0 Å². The van der Waals surface area contributed by atoms with Crippen molar-refractivity contribution in [3.63, 3.8) is 0 Å². The minimum atomic E-state index is 0.0130. The number of rotatable bonds is 5. The van der Waals surface area contributed by atoms with Crippen LogP contribution in [0.4, 0.5) is 0 Å². The summed E-state index contributed by atoms with van der Waals surface area (Å²) in [6.07, 6.45) is 7.06. The molecule has 0 spiro atoms. The highest BCUT2D eigenvalue weighted by atomic mass is 32.1. The lowest BCUT2D eigenvalue weighted by Crippen LogP contribution is -2.35. The minimum Gasteiger partial charge on any atom is -0.352 e. The first kappa shape index (κ1) is 13.7. The van der Waals surface area contributed by atoms with Crippen molar-refractivity contribution in [1.82, 2.24) is 5.32 Å². The van der Waals surface area contributed by atoms with Crippen LogP contribution in [-0.4, -0.2) is 11.9 Å². The number of carbonyl (C=O) groups excluding carboxylic acids is 1. The standard InChI is InChI=1S/C14H17NOS/c1-3-5-12(4-2)15-14(16)10-11-6-8-13(17)9-7-11/h1,6-9,12,17H,4-5,10H2,2H3,(H,15,16). The summed E-state index contributed by atoms with van der Waals surface area (Å²) < 4.78 is 0. The first-order valence-corrected chi connectivity index (χ1v) is 6.11. The first-order valence-electron chi connectivity index (χ1n) is 5.66. The Hall–Kier alpha value is -1.40. The molecule has 90 valence electrons. The molecule has 1 aromatic rings. The van der Waals surface area contributed by atoms with Gasteiger partial charge in [0.25, 0.3) is 0 Å². The smallest absolute Gasteiger partial charge is 0.224 e. The molecule has 0 radical (unpaired) electrons. The first-order chi connectivity index (χ1) is 8.15. The second-order valence-corrected chi connectivity index (χ2v) is 4.44. The fraction of sp³-hybridized carbons (Fsp3) is 0.357. The summed E-state index contributed by atoms with van der Waals surface area (Å²) in [5.41, 5.74) is 0.982. The summed E-state index contributed by atoms with van der Waals surface area (Å²) in [6, 6.07) is 7.65. The van der Waals surface area contributed by atoms with Crippen LogP contribution in [0, 0.1) is 12.3 Å². The van der Waals surface area contributed by atoms with E-state index < -0.39 is 0 Å². The monoisotopic (exact) mass is 247 g/mol. The normalized spacial score (nSPS) is 11.6. The van der Waals surface area contributed by atoms with E-state index in [9.17, 15) is 4.79 Å². The van der Waals surface area contributed by atoms with Gasteiger partial charge in [0.15, 0.2) is 0 Å². The third-order valence-corrected chi connectivity index (χ3v) is 2.82. The summed E-state index contributed by atoms with van der Waals surface area (Å²) in [6.45, 7) is 2.01. The maximum Gasteiger partial charge on any atom is 0.224 e. The molecule has 3 heteroatoms. The molecule has 1 N–H and O–H groups in total. The number of carbonyl (C=O) groups is 1. The van der Waals surface area contributed by atoms with Crippen LogP contribution in [0.1, 0.15) is 25.3 Å². The van der Waals surface area contributed by atoms with E-state index in [0.29, 0.717) is 12.8 Å². The van der Waals surface area contributed by atoms with E-state index in [1.54, 1.807) is 0 Å². The van der Waals surface area contributed by atoms with Gasteiger partial charge in [-0.1, -0.05) is 19.1 Å². The molecule has 0 saturated heterocycles. The molecule has 0 aromatic heterocycles. The van der Waals surface area contributed by atoms with E-state index in [4.69, 9.17) is 6.42 Å². The summed E-state index contributed by atoms with van der Waals surface area (Å²) >= 11 is 4.20. The van der Waals surface area contributed by atoms with Crippen LogP contribution >= 0.6 is 12.6 Å². The summed E-state index contributed by atoms with van der Waals surface area (Å²) in [7, 11) is 0. The number of terminal acetylenes is 1. The van der Waals surface area contributed by atoms with Crippen LogP contribution in [0.25, 0.3) is 0 Å². The molecular formula is C14H17NOS. The summed E-state index contributed by atoms with van der Waals surface area (Å²) in [4.78, 5) is 12.6. The van der Waals surface area contributed by atoms with Crippen molar-refractivity contribution in [2.24, 2.45) is 0 Å². The molecule has 1 unspecified atom stereocenters. The number of hydrogen-bond acceptors (Lipinski definition) is 2. The Morgan fingerprint density at radius 3 is 2.65 bits per heavy atom. The molecule has 0 saturated carbocycles. The lowest BCUT2D eigenvalue weighted by molar-refractivity contribution is -0.121. The van der Waals surface area contributed by atoms with Gasteiger partial charge in [0.1, 0.15) is 0 Å². The summed E-state index contributed by atoms with van der Waals surface area (Å²) in [5.74, 6) is 2.58. The van der Waals surface area contributed by atoms with Gasteiger partial charge in [0.2, 0.25) is 5.91 Å². The van der Waals surface area contributed by atoms with Gasteiger partial charge in [-0.05, 0) is 24.1 Å². The van der Waals surface area contributed by atoms with Crippen LogP contribution in [0.5, 0.6) is 0 Å². The van der Waals surface area contributed by atoms with Gasteiger partial charge in [-0.25, -0.2) is 0 Å². The number of hydrogen-bond donors (Lipinski definition) is 2. The average molecular weight is 247 g/mol. The Labute approximate surface area is 108 Å². The molecule has 17 heavy (non-hydrogen) atoms. The molecule has 0 fully saturated rings. The maximum absolute atomic E-state index is 11.7. The van der Waals surface area contributed by atoms with Crippen molar-refractivity contribution in [2.45, 2.75) is 37.1 Å². The minimum absolute atomic E-state index is 0.0130. The van der Waals surface area contributed by atoms with Gasteiger partial charge in [0, 0.05) is 17.4 Å². The van der Waals surface area contributed by atoms with Crippen LogP contribution in [0.15, 0.2) is 29.2 Å². The van der Waals surface area contributed by atoms with Crippen molar-refractivity contribution >= 4 is 18.5 Å². The molecule has 1 atom stereocenters.